The van der Waals surface area contributed by atoms with Gasteiger partial charge < -0.3 is 4.90 Å². The van der Waals surface area contributed by atoms with Gasteiger partial charge in [-0.2, -0.15) is 5.26 Å². The van der Waals surface area contributed by atoms with E-state index in [9.17, 15) is 0 Å². The molecule has 0 heterocycles. The second kappa shape index (κ2) is 4.32. The predicted octanol–water partition coefficient (Wildman–Crippen LogP) is 2.20. The largest absolute Gasteiger partial charge is 0.356 e. The molecule has 0 spiro atoms. The Morgan fingerprint density at radius 2 is 2.08 bits per heavy atom. The summed E-state index contributed by atoms with van der Waals surface area (Å²) in [5.41, 5.74) is 1.02. The number of nitrogens with zero attached hydrogens (tertiary/aromatic N) is 2. The van der Waals surface area contributed by atoms with Gasteiger partial charge in [-0.15, -0.1) is 0 Å². The summed E-state index contributed by atoms with van der Waals surface area (Å²) in [6.45, 7) is 3.61. The molecular formula is C11H12N2. The molecule has 0 radical (unpaired) electrons. The lowest BCUT2D eigenvalue weighted by Crippen LogP contribution is -2.27. The second-order valence-corrected chi connectivity index (χ2v) is 2.76. The van der Waals surface area contributed by atoms with Gasteiger partial charge in [0.1, 0.15) is 6.04 Å². The van der Waals surface area contributed by atoms with E-state index in [0.717, 1.165) is 5.69 Å². The van der Waals surface area contributed by atoms with Crippen LogP contribution < -0.4 is 4.90 Å². The molecule has 0 saturated carbocycles. The molecule has 0 saturated heterocycles. The second-order valence-electron chi connectivity index (χ2n) is 2.76. The van der Waals surface area contributed by atoms with Crippen LogP contribution in [0.5, 0.6) is 0 Å². The van der Waals surface area contributed by atoms with Gasteiger partial charge in [0.2, 0.25) is 0 Å². The summed E-state index contributed by atoms with van der Waals surface area (Å²) in [6.07, 6.45) is 1.63. The maximum absolute atomic E-state index is 8.79. The Morgan fingerprint density at radius 1 is 1.46 bits per heavy atom. The first kappa shape index (κ1) is 9.34. The lowest BCUT2D eigenvalue weighted by molar-refractivity contribution is 0.906. The summed E-state index contributed by atoms with van der Waals surface area (Å²) in [7, 11) is 1.88. The van der Waals surface area contributed by atoms with Crippen molar-refractivity contribution in [2.24, 2.45) is 0 Å². The Labute approximate surface area is 78.7 Å². The van der Waals surface area contributed by atoms with Gasteiger partial charge in [-0.1, -0.05) is 30.9 Å². The first-order valence-electron chi connectivity index (χ1n) is 4.09. The number of likely N-dealkylation sites (N-methyl/N-ethyl adjacent to an activating group) is 1. The minimum Gasteiger partial charge on any atom is -0.356 e. The minimum absolute atomic E-state index is 0.262. The third kappa shape index (κ3) is 2.09. The van der Waals surface area contributed by atoms with Gasteiger partial charge in [0, 0.05) is 12.7 Å². The average Bonchev–Trinajstić information content (AvgIpc) is 2.21. The zero-order valence-corrected chi connectivity index (χ0v) is 7.64. The summed E-state index contributed by atoms with van der Waals surface area (Å²) in [6, 6.07) is 11.7. The van der Waals surface area contributed by atoms with Crippen molar-refractivity contribution < 1.29 is 0 Å². The normalized spacial score (nSPS) is 11.4. The molecule has 0 aliphatic heterocycles. The van der Waals surface area contributed by atoms with Crippen LogP contribution in [0.4, 0.5) is 5.69 Å². The molecule has 1 atom stereocenters. The molecule has 0 aliphatic carbocycles. The summed E-state index contributed by atoms with van der Waals surface area (Å²) in [4.78, 5) is 1.88. The fraction of sp³-hybridized carbons (Fsp3) is 0.182. The van der Waals surface area contributed by atoms with E-state index in [0.29, 0.717) is 0 Å². The van der Waals surface area contributed by atoms with Crippen LogP contribution in [0.15, 0.2) is 43.0 Å². The van der Waals surface area contributed by atoms with Crippen molar-refractivity contribution in [2.45, 2.75) is 6.04 Å². The van der Waals surface area contributed by atoms with Crippen LogP contribution in [0.3, 0.4) is 0 Å². The number of para-hydroxylation sites is 1. The van der Waals surface area contributed by atoms with E-state index in [2.05, 4.69) is 12.6 Å². The molecular weight excluding hydrogens is 160 g/mol. The molecule has 66 valence electrons. The maximum Gasteiger partial charge on any atom is 0.135 e. The van der Waals surface area contributed by atoms with Gasteiger partial charge in [-0.3, -0.25) is 0 Å². The topological polar surface area (TPSA) is 27.0 Å². The molecule has 13 heavy (non-hydrogen) atoms. The highest BCUT2D eigenvalue weighted by Crippen LogP contribution is 2.13. The molecule has 1 aromatic carbocycles. The first-order chi connectivity index (χ1) is 6.29. The smallest absolute Gasteiger partial charge is 0.135 e. The number of hydrogen-bond acceptors (Lipinski definition) is 2. The van der Waals surface area contributed by atoms with E-state index >= 15 is 0 Å². The standard InChI is InChI=1S/C11H12N2/c1-3-10(9-12)13(2)11-7-5-4-6-8-11/h3-8,10H,1H2,2H3. The Balaban J connectivity index is 2.85. The molecule has 1 rings (SSSR count). The predicted molar refractivity (Wildman–Crippen MR) is 54.4 cm³/mol. The van der Waals surface area contributed by atoms with Gasteiger partial charge in [0.25, 0.3) is 0 Å². The third-order valence-electron chi connectivity index (χ3n) is 1.94. The van der Waals surface area contributed by atoms with Crippen molar-refractivity contribution in [3.05, 3.63) is 43.0 Å². The zero-order valence-electron chi connectivity index (χ0n) is 7.64. The number of hydrogen-bond donors (Lipinski definition) is 0. The Morgan fingerprint density at radius 3 is 2.54 bits per heavy atom. The van der Waals surface area contributed by atoms with E-state index in [-0.39, 0.29) is 6.04 Å². The van der Waals surface area contributed by atoms with Crippen molar-refractivity contribution in [1.29, 1.82) is 5.26 Å². The molecule has 0 aliphatic rings. The van der Waals surface area contributed by atoms with Crippen molar-refractivity contribution in [1.82, 2.24) is 0 Å². The molecule has 1 unspecified atom stereocenters. The van der Waals surface area contributed by atoms with Crippen LogP contribution in [0.1, 0.15) is 0 Å². The minimum atomic E-state index is -0.262. The fourth-order valence-electron chi connectivity index (χ4n) is 1.12. The van der Waals surface area contributed by atoms with Gasteiger partial charge in [0.15, 0.2) is 0 Å². The lowest BCUT2D eigenvalue weighted by atomic mass is 10.2. The van der Waals surface area contributed by atoms with Gasteiger partial charge in [-0.05, 0) is 12.1 Å². The average molecular weight is 172 g/mol. The van der Waals surface area contributed by atoms with Crippen molar-refractivity contribution >= 4 is 5.69 Å². The highest BCUT2D eigenvalue weighted by atomic mass is 15.1. The van der Waals surface area contributed by atoms with Gasteiger partial charge in [0.05, 0.1) is 6.07 Å². The van der Waals surface area contributed by atoms with E-state index < -0.39 is 0 Å². The third-order valence-corrected chi connectivity index (χ3v) is 1.94. The van der Waals surface area contributed by atoms with E-state index in [1.54, 1.807) is 6.08 Å². The molecule has 0 aromatic heterocycles. The fourth-order valence-corrected chi connectivity index (χ4v) is 1.12. The molecule has 0 N–H and O–H groups in total. The summed E-state index contributed by atoms with van der Waals surface area (Å²) in [5.74, 6) is 0. The van der Waals surface area contributed by atoms with Crippen LogP contribution in [0.25, 0.3) is 0 Å². The van der Waals surface area contributed by atoms with Crippen LogP contribution in [-0.2, 0) is 0 Å². The zero-order chi connectivity index (χ0) is 9.68. The highest BCUT2D eigenvalue weighted by Gasteiger charge is 2.08. The van der Waals surface area contributed by atoms with Crippen molar-refractivity contribution in [3.63, 3.8) is 0 Å². The Kier molecular flexibility index (Phi) is 3.10. The number of anilines is 1. The van der Waals surface area contributed by atoms with Gasteiger partial charge >= 0.3 is 0 Å². The van der Waals surface area contributed by atoms with E-state index in [1.807, 2.05) is 42.3 Å². The Bertz CT molecular complexity index is 311. The van der Waals surface area contributed by atoms with Crippen LogP contribution >= 0.6 is 0 Å². The summed E-state index contributed by atoms with van der Waals surface area (Å²) in [5, 5.41) is 8.79. The van der Waals surface area contributed by atoms with E-state index in [1.165, 1.54) is 0 Å². The highest BCUT2D eigenvalue weighted by molar-refractivity contribution is 5.48. The summed E-state index contributed by atoms with van der Waals surface area (Å²) < 4.78 is 0. The van der Waals surface area contributed by atoms with Crippen LogP contribution in [-0.4, -0.2) is 13.1 Å². The van der Waals surface area contributed by atoms with E-state index in [4.69, 9.17) is 5.26 Å². The molecule has 1 aromatic rings. The number of nitriles is 1. The van der Waals surface area contributed by atoms with Crippen molar-refractivity contribution in [2.75, 3.05) is 11.9 Å². The monoisotopic (exact) mass is 172 g/mol. The lowest BCUT2D eigenvalue weighted by Gasteiger charge is -2.21. The molecule has 0 bridgehead atoms. The number of benzene rings is 1. The summed E-state index contributed by atoms with van der Waals surface area (Å²) >= 11 is 0. The molecule has 2 nitrogen and oxygen atoms in total. The van der Waals surface area contributed by atoms with Crippen LogP contribution in [0.2, 0.25) is 0 Å². The molecule has 0 amide bonds. The van der Waals surface area contributed by atoms with Gasteiger partial charge in [-0.25, -0.2) is 0 Å². The SMILES string of the molecule is C=CC(C#N)N(C)c1ccccc1. The maximum atomic E-state index is 8.79. The molecule has 0 fully saturated rings. The first-order valence-corrected chi connectivity index (χ1v) is 4.09. The Hall–Kier alpha value is -1.75. The quantitative estimate of drug-likeness (QED) is 0.653. The van der Waals surface area contributed by atoms with Crippen molar-refractivity contribution in [3.8, 4) is 6.07 Å². The number of rotatable bonds is 3. The van der Waals surface area contributed by atoms with Crippen LogP contribution in [0, 0.1) is 11.3 Å². The molecule has 2 heteroatoms.